The smallest absolute Gasteiger partial charge is 0.303 e. The molecule has 2 aromatic carbocycles. The van der Waals surface area contributed by atoms with Crippen LogP contribution in [0, 0.1) is 0 Å². The van der Waals surface area contributed by atoms with E-state index in [1.54, 1.807) is 12.1 Å². The van der Waals surface area contributed by atoms with E-state index in [0.717, 1.165) is 22.0 Å². The molecule has 1 heterocycles. The summed E-state index contributed by atoms with van der Waals surface area (Å²) in [4.78, 5) is 34.6. The summed E-state index contributed by atoms with van der Waals surface area (Å²) in [6, 6.07) is 13.0. The number of halogens is 1. The minimum atomic E-state index is -0.979. The fourth-order valence-corrected chi connectivity index (χ4v) is 3.42. The number of carboxylic acids is 1. The van der Waals surface area contributed by atoms with Crippen LogP contribution in [0.3, 0.4) is 0 Å². The van der Waals surface area contributed by atoms with Gasteiger partial charge in [-0.3, -0.25) is 14.4 Å². The number of aromatic nitrogens is 1. The van der Waals surface area contributed by atoms with Crippen molar-refractivity contribution >= 4 is 40.0 Å². The van der Waals surface area contributed by atoms with Gasteiger partial charge in [0.25, 0.3) is 0 Å². The summed E-state index contributed by atoms with van der Waals surface area (Å²) in [7, 11) is 0. The number of ketones is 2. The first-order valence-electron chi connectivity index (χ1n) is 9.04. The first-order chi connectivity index (χ1) is 13.4. The van der Waals surface area contributed by atoms with Crippen molar-refractivity contribution in [2.24, 2.45) is 0 Å². The fourth-order valence-electron chi connectivity index (χ4n) is 3.13. The molecule has 0 atom stereocenters. The Kier molecular flexibility index (Phi) is 5.95. The van der Waals surface area contributed by atoms with E-state index in [4.69, 9.17) is 16.7 Å². The van der Waals surface area contributed by atoms with Crippen molar-refractivity contribution in [2.45, 2.75) is 32.7 Å². The van der Waals surface area contributed by atoms with Crippen molar-refractivity contribution in [1.29, 1.82) is 0 Å². The van der Waals surface area contributed by atoms with E-state index in [2.05, 4.69) is 0 Å². The second kappa shape index (κ2) is 8.40. The third-order valence-corrected chi connectivity index (χ3v) is 4.97. The van der Waals surface area contributed by atoms with Gasteiger partial charge in [-0.15, -0.1) is 0 Å². The molecule has 3 aromatic rings. The Morgan fingerprint density at radius 1 is 1.04 bits per heavy atom. The minimum Gasteiger partial charge on any atom is -0.481 e. The molecule has 0 radical (unpaired) electrons. The van der Waals surface area contributed by atoms with Crippen molar-refractivity contribution in [2.75, 3.05) is 0 Å². The standard InChI is InChI=1S/C22H20ClNO4/c1-2-21(26)16-5-7-18(19(23)11-16)15-4-3-14-9-10-24(20(14)12-15)13-17(25)6-8-22(27)28/h3-5,7,9-12H,2,6,8,13H2,1H3,(H,27,28). The average molecular weight is 398 g/mol. The van der Waals surface area contributed by atoms with Gasteiger partial charge in [0.05, 0.1) is 13.0 Å². The number of Topliss-reactive ketones (excluding diaryl/α,β-unsaturated/α-hetero) is 2. The molecule has 1 N–H and O–H groups in total. The Labute approximate surface area is 167 Å². The van der Waals surface area contributed by atoms with Gasteiger partial charge >= 0.3 is 5.97 Å². The highest BCUT2D eigenvalue weighted by Crippen LogP contribution is 2.31. The van der Waals surface area contributed by atoms with Crippen LogP contribution in [0.1, 0.15) is 36.5 Å². The molecule has 144 valence electrons. The van der Waals surface area contributed by atoms with Gasteiger partial charge in [0.2, 0.25) is 0 Å². The monoisotopic (exact) mass is 397 g/mol. The van der Waals surface area contributed by atoms with Gasteiger partial charge < -0.3 is 9.67 Å². The van der Waals surface area contributed by atoms with Gasteiger partial charge in [0, 0.05) is 40.7 Å². The molecule has 0 unspecified atom stereocenters. The van der Waals surface area contributed by atoms with E-state index in [1.165, 1.54) is 0 Å². The van der Waals surface area contributed by atoms with Crippen LogP contribution in [-0.4, -0.2) is 27.2 Å². The number of fused-ring (bicyclic) bond motifs is 1. The van der Waals surface area contributed by atoms with E-state index >= 15 is 0 Å². The number of carboxylic acid groups (broad SMARTS) is 1. The van der Waals surface area contributed by atoms with Crippen molar-refractivity contribution in [1.82, 2.24) is 4.57 Å². The summed E-state index contributed by atoms with van der Waals surface area (Å²) in [5.74, 6) is -1.07. The average Bonchev–Trinajstić information content (AvgIpc) is 3.07. The van der Waals surface area contributed by atoms with Gasteiger partial charge in [-0.25, -0.2) is 0 Å². The number of nitrogens with zero attached hydrogens (tertiary/aromatic N) is 1. The molecule has 0 aliphatic heterocycles. The number of aliphatic carboxylic acids is 1. The van der Waals surface area contributed by atoms with E-state index in [0.29, 0.717) is 17.0 Å². The SMILES string of the molecule is CCC(=O)c1ccc(-c2ccc3ccn(CC(=O)CCC(=O)O)c3c2)c(Cl)c1. The summed E-state index contributed by atoms with van der Waals surface area (Å²) in [5, 5.41) is 10.2. The summed E-state index contributed by atoms with van der Waals surface area (Å²) in [5.41, 5.74) is 3.14. The molecule has 0 aliphatic carbocycles. The van der Waals surface area contributed by atoms with Gasteiger partial charge in [-0.1, -0.05) is 42.8 Å². The lowest BCUT2D eigenvalue weighted by Gasteiger charge is -2.09. The quantitative estimate of drug-likeness (QED) is 0.543. The van der Waals surface area contributed by atoms with Crippen LogP contribution in [0.15, 0.2) is 48.7 Å². The molecule has 0 bridgehead atoms. The van der Waals surface area contributed by atoms with Crippen LogP contribution in [0.25, 0.3) is 22.0 Å². The molecular formula is C22H20ClNO4. The Morgan fingerprint density at radius 3 is 2.50 bits per heavy atom. The van der Waals surface area contributed by atoms with Crippen LogP contribution in [0.4, 0.5) is 0 Å². The van der Waals surface area contributed by atoms with Crippen LogP contribution < -0.4 is 0 Å². The van der Waals surface area contributed by atoms with Crippen molar-refractivity contribution in [3.63, 3.8) is 0 Å². The van der Waals surface area contributed by atoms with Crippen molar-refractivity contribution in [3.8, 4) is 11.1 Å². The van der Waals surface area contributed by atoms with Gasteiger partial charge in [-0.05, 0) is 29.1 Å². The third kappa shape index (κ3) is 4.31. The van der Waals surface area contributed by atoms with E-state index in [9.17, 15) is 14.4 Å². The molecule has 0 spiro atoms. The number of hydrogen-bond donors (Lipinski definition) is 1. The Hall–Kier alpha value is -2.92. The maximum Gasteiger partial charge on any atom is 0.303 e. The second-order valence-electron chi connectivity index (χ2n) is 6.62. The predicted molar refractivity (Wildman–Crippen MR) is 109 cm³/mol. The third-order valence-electron chi connectivity index (χ3n) is 4.66. The molecule has 6 heteroatoms. The Balaban J connectivity index is 1.91. The Bertz CT molecular complexity index is 1070. The maximum atomic E-state index is 12.1. The summed E-state index contributed by atoms with van der Waals surface area (Å²) in [6.45, 7) is 1.93. The molecule has 1 aromatic heterocycles. The zero-order chi connectivity index (χ0) is 20.3. The van der Waals surface area contributed by atoms with Crippen LogP contribution in [0.2, 0.25) is 5.02 Å². The lowest BCUT2D eigenvalue weighted by atomic mass is 10.0. The lowest BCUT2D eigenvalue weighted by Crippen LogP contribution is -2.10. The summed E-state index contributed by atoms with van der Waals surface area (Å²) >= 11 is 6.42. The van der Waals surface area contributed by atoms with Crippen LogP contribution in [0.5, 0.6) is 0 Å². The lowest BCUT2D eigenvalue weighted by molar-refractivity contribution is -0.138. The minimum absolute atomic E-state index is 0.00739. The maximum absolute atomic E-state index is 12.1. The van der Waals surface area contributed by atoms with Crippen molar-refractivity contribution in [3.05, 3.63) is 59.2 Å². The molecule has 0 aliphatic rings. The first kappa shape index (κ1) is 19.8. The highest BCUT2D eigenvalue weighted by molar-refractivity contribution is 6.33. The first-order valence-corrected chi connectivity index (χ1v) is 9.42. The van der Waals surface area contributed by atoms with Gasteiger partial charge in [0.1, 0.15) is 0 Å². The topological polar surface area (TPSA) is 76.4 Å². The second-order valence-corrected chi connectivity index (χ2v) is 7.03. The highest BCUT2D eigenvalue weighted by Gasteiger charge is 2.12. The normalized spacial score (nSPS) is 10.9. The van der Waals surface area contributed by atoms with E-state index in [1.807, 2.05) is 48.0 Å². The Morgan fingerprint density at radius 2 is 1.82 bits per heavy atom. The predicted octanol–water partition coefficient (Wildman–Crippen LogP) is 4.99. The highest BCUT2D eigenvalue weighted by atomic mass is 35.5. The zero-order valence-electron chi connectivity index (χ0n) is 15.4. The van der Waals surface area contributed by atoms with E-state index in [-0.39, 0.29) is 31.0 Å². The summed E-state index contributed by atoms with van der Waals surface area (Å²) < 4.78 is 1.81. The van der Waals surface area contributed by atoms with Gasteiger partial charge in [0.15, 0.2) is 11.6 Å². The van der Waals surface area contributed by atoms with Crippen LogP contribution in [-0.2, 0) is 16.1 Å². The molecule has 0 fully saturated rings. The number of rotatable bonds is 8. The van der Waals surface area contributed by atoms with Gasteiger partial charge in [-0.2, -0.15) is 0 Å². The van der Waals surface area contributed by atoms with Crippen molar-refractivity contribution < 1.29 is 19.5 Å². The number of carbonyl (C=O) groups excluding carboxylic acids is 2. The van der Waals surface area contributed by atoms with Crippen LogP contribution >= 0.6 is 11.6 Å². The number of benzene rings is 2. The summed E-state index contributed by atoms with van der Waals surface area (Å²) in [6.07, 6.45) is 2.08. The largest absolute Gasteiger partial charge is 0.481 e. The molecule has 0 saturated heterocycles. The molecule has 3 rings (SSSR count). The molecule has 5 nitrogen and oxygen atoms in total. The molecule has 0 amide bonds. The molecular weight excluding hydrogens is 378 g/mol. The number of hydrogen-bond acceptors (Lipinski definition) is 3. The molecule has 28 heavy (non-hydrogen) atoms. The fraction of sp³-hybridized carbons (Fsp3) is 0.227. The number of carbonyl (C=O) groups is 3. The van der Waals surface area contributed by atoms with E-state index < -0.39 is 5.97 Å². The zero-order valence-corrected chi connectivity index (χ0v) is 16.2. The molecule has 0 saturated carbocycles.